The Labute approximate surface area is 142 Å². The highest BCUT2D eigenvalue weighted by Crippen LogP contribution is 2.19. The van der Waals surface area contributed by atoms with Crippen molar-refractivity contribution >= 4 is 17.5 Å². The summed E-state index contributed by atoms with van der Waals surface area (Å²) in [7, 11) is 0. The van der Waals surface area contributed by atoms with E-state index in [1.807, 2.05) is 104 Å². The lowest BCUT2D eigenvalue weighted by Crippen LogP contribution is -2.11. The predicted molar refractivity (Wildman–Crippen MR) is 100 cm³/mol. The van der Waals surface area contributed by atoms with E-state index in [4.69, 9.17) is 0 Å². The van der Waals surface area contributed by atoms with Crippen LogP contribution in [0.25, 0.3) is 6.08 Å². The van der Waals surface area contributed by atoms with Crippen molar-refractivity contribution in [2.75, 3.05) is 0 Å². The highest BCUT2D eigenvalue weighted by Gasteiger charge is 2.13. The van der Waals surface area contributed by atoms with Gasteiger partial charge < -0.3 is 5.21 Å². The molecule has 0 spiro atoms. The topological polar surface area (TPSA) is 26.1 Å². The minimum absolute atomic E-state index is 0.619. The Kier molecular flexibility index (Phi) is 4.87. The van der Waals surface area contributed by atoms with Crippen LogP contribution in [-0.2, 0) is 0 Å². The zero-order valence-corrected chi connectivity index (χ0v) is 13.6. The summed E-state index contributed by atoms with van der Waals surface area (Å²) in [5, 5.41) is 13.0. The van der Waals surface area contributed by atoms with Crippen molar-refractivity contribution in [2.24, 2.45) is 0 Å². The van der Waals surface area contributed by atoms with Crippen LogP contribution in [0.2, 0.25) is 0 Å². The molecule has 0 unspecified atom stereocenters. The molecule has 0 amide bonds. The van der Waals surface area contributed by atoms with E-state index >= 15 is 0 Å². The smallest absolute Gasteiger partial charge is 0.224 e. The number of para-hydroxylation sites is 1. The SMILES string of the molecule is Cc1ccccc1/[N+]([O-])=C(/C=C/c1ccccc1)c1ccccc1. The molecule has 0 bridgehead atoms. The molecule has 0 aliphatic heterocycles. The van der Waals surface area contributed by atoms with Crippen molar-refractivity contribution in [3.8, 4) is 0 Å². The van der Waals surface area contributed by atoms with Gasteiger partial charge in [0.25, 0.3) is 0 Å². The average molecular weight is 313 g/mol. The first-order valence-corrected chi connectivity index (χ1v) is 7.94. The van der Waals surface area contributed by atoms with E-state index in [-0.39, 0.29) is 0 Å². The van der Waals surface area contributed by atoms with Gasteiger partial charge in [0.2, 0.25) is 11.4 Å². The Morgan fingerprint density at radius 2 is 1.38 bits per heavy atom. The summed E-state index contributed by atoms with van der Waals surface area (Å²) < 4.78 is 1.00. The molecule has 3 aromatic rings. The molecule has 0 atom stereocenters. The van der Waals surface area contributed by atoms with Crippen molar-refractivity contribution < 1.29 is 4.74 Å². The van der Waals surface area contributed by atoms with Gasteiger partial charge in [-0.25, -0.2) is 0 Å². The second kappa shape index (κ2) is 7.42. The fraction of sp³-hybridized carbons (Fsp3) is 0.0455. The van der Waals surface area contributed by atoms with Crippen molar-refractivity contribution in [1.29, 1.82) is 0 Å². The summed E-state index contributed by atoms with van der Waals surface area (Å²) in [4.78, 5) is 0. The van der Waals surface area contributed by atoms with Crippen LogP contribution in [0.4, 0.5) is 5.69 Å². The first-order chi connectivity index (χ1) is 11.8. The zero-order chi connectivity index (χ0) is 16.8. The van der Waals surface area contributed by atoms with Gasteiger partial charge in [-0.2, -0.15) is 4.74 Å². The molecule has 0 radical (unpaired) electrons. The third-order valence-electron chi connectivity index (χ3n) is 3.86. The Hall–Kier alpha value is -3.13. The lowest BCUT2D eigenvalue weighted by molar-refractivity contribution is -0.359. The molecule has 3 aromatic carbocycles. The van der Waals surface area contributed by atoms with Gasteiger partial charge >= 0.3 is 0 Å². The number of nitrogens with zero attached hydrogens (tertiary/aromatic N) is 1. The van der Waals surface area contributed by atoms with Crippen LogP contribution in [0.15, 0.2) is 91.0 Å². The van der Waals surface area contributed by atoms with Crippen molar-refractivity contribution in [3.05, 3.63) is 113 Å². The van der Waals surface area contributed by atoms with E-state index in [2.05, 4.69) is 0 Å². The summed E-state index contributed by atoms with van der Waals surface area (Å²) in [5.41, 5.74) is 4.18. The van der Waals surface area contributed by atoms with Crippen molar-refractivity contribution in [1.82, 2.24) is 0 Å². The third-order valence-corrected chi connectivity index (χ3v) is 3.86. The van der Waals surface area contributed by atoms with E-state index in [1.165, 1.54) is 0 Å². The maximum absolute atomic E-state index is 13.0. The van der Waals surface area contributed by atoms with Gasteiger partial charge in [0.15, 0.2) is 0 Å². The first-order valence-electron chi connectivity index (χ1n) is 7.94. The standard InChI is InChI=1S/C22H19NO/c1-18-10-8-9-15-21(18)23(24)22(20-13-6-3-7-14-20)17-16-19-11-4-2-5-12-19/h2-17H,1H3/b17-16+,23-22+. The van der Waals surface area contributed by atoms with Crippen molar-refractivity contribution in [3.63, 3.8) is 0 Å². The van der Waals surface area contributed by atoms with E-state index < -0.39 is 0 Å². The molecular formula is C22H19NO. The molecule has 0 saturated heterocycles. The molecule has 0 aliphatic rings. The van der Waals surface area contributed by atoms with Gasteiger partial charge in [-0.15, -0.1) is 0 Å². The van der Waals surface area contributed by atoms with Crippen LogP contribution in [-0.4, -0.2) is 10.5 Å². The maximum atomic E-state index is 13.0. The lowest BCUT2D eigenvalue weighted by Gasteiger charge is -2.10. The van der Waals surface area contributed by atoms with Crippen LogP contribution in [0.3, 0.4) is 0 Å². The number of hydrogen-bond acceptors (Lipinski definition) is 1. The van der Waals surface area contributed by atoms with Crippen LogP contribution >= 0.6 is 0 Å². The van der Waals surface area contributed by atoms with E-state index in [9.17, 15) is 5.21 Å². The van der Waals surface area contributed by atoms with Gasteiger partial charge in [0, 0.05) is 23.3 Å². The van der Waals surface area contributed by atoms with Gasteiger partial charge in [-0.1, -0.05) is 66.7 Å². The minimum Gasteiger partial charge on any atom is -0.618 e. The average Bonchev–Trinajstić information content (AvgIpc) is 2.64. The number of aryl methyl sites for hydroxylation is 1. The fourth-order valence-corrected chi connectivity index (χ4v) is 2.55. The minimum atomic E-state index is 0.619. The molecule has 2 heteroatoms. The monoisotopic (exact) mass is 313 g/mol. The largest absolute Gasteiger partial charge is 0.618 e. The number of benzene rings is 3. The second-order valence-electron chi connectivity index (χ2n) is 5.58. The normalized spacial score (nSPS) is 12.2. The van der Waals surface area contributed by atoms with E-state index in [0.29, 0.717) is 11.4 Å². The summed E-state index contributed by atoms with van der Waals surface area (Å²) in [5.74, 6) is 0. The molecule has 2 nitrogen and oxygen atoms in total. The van der Waals surface area contributed by atoms with Crippen LogP contribution in [0.5, 0.6) is 0 Å². The van der Waals surface area contributed by atoms with E-state index in [0.717, 1.165) is 21.4 Å². The summed E-state index contributed by atoms with van der Waals surface area (Å²) in [6.45, 7) is 1.95. The molecule has 0 saturated carbocycles. The maximum Gasteiger partial charge on any atom is 0.224 e. The first kappa shape index (κ1) is 15.8. The number of hydrogen-bond donors (Lipinski definition) is 0. The Morgan fingerprint density at radius 1 is 0.792 bits per heavy atom. The highest BCUT2D eigenvalue weighted by molar-refractivity contribution is 6.08. The van der Waals surface area contributed by atoms with Crippen LogP contribution < -0.4 is 0 Å². The van der Waals surface area contributed by atoms with Gasteiger partial charge in [0.1, 0.15) is 0 Å². The predicted octanol–water partition coefficient (Wildman–Crippen LogP) is 5.34. The molecular weight excluding hydrogens is 294 g/mol. The molecule has 118 valence electrons. The Bertz CT molecular complexity index is 865. The third kappa shape index (κ3) is 3.61. The molecule has 0 heterocycles. The lowest BCUT2D eigenvalue weighted by atomic mass is 10.1. The Balaban J connectivity index is 2.11. The fourth-order valence-electron chi connectivity index (χ4n) is 2.55. The summed E-state index contributed by atoms with van der Waals surface area (Å²) >= 11 is 0. The summed E-state index contributed by atoms with van der Waals surface area (Å²) in [6, 6.07) is 27.3. The van der Waals surface area contributed by atoms with Gasteiger partial charge in [0.05, 0.1) is 0 Å². The zero-order valence-electron chi connectivity index (χ0n) is 13.6. The quantitative estimate of drug-likeness (QED) is 0.276. The molecule has 3 rings (SSSR count). The molecule has 24 heavy (non-hydrogen) atoms. The number of rotatable bonds is 4. The molecule has 0 fully saturated rings. The van der Waals surface area contributed by atoms with Crippen molar-refractivity contribution in [2.45, 2.75) is 6.92 Å². The molecule has 0 aliphatic carbocycles. The summed E-state index contributed by atoms with van der Waals surface area (Å²) in [6.07, 6.45) is 3.84. The Morgan fingerprint density at radius 3 is 2.04 bits per heavy atom. The molecule has 0 aromatic heterocycles. The van der Waals surface area contributed by atoms with Gasteiger partial charge in [-0.3, -0.25) is 0 Å². The van der Waals surface area contributed by atoms with Crippen LogP contribution in [0.1, 0.15) is 16.7 Å². The second-order valence-corrected chi connectivity index (χ2v) is 5.58. The van der Waals surface area contributed by atoms with E-state index in [1.54, 1.807) is 0 Å². The number of allylic oxidation sites excluding steroid dienone is 1. The van der Waals surface area contributed by atoms with Crippen LogP contribution in [0, 0.1) is 12.1 Å². The molecule has 0 N–H and O–H groups in total. The van der Waals surface area contributed by atoms with Gasteiger partial charge in [-0.05, 0) is 30.7 Å². The highest BCUT2D eigenvalue weighted by atomic mass is 16.5.